The molecule has 0 aliphatic heterocycles. The molecule has 2 fully saturated rings. The van der Waals surface area contributed by atoms with E-state index in [0.29, 0.717) is 5.92 Å². The summed E-state index contributed by atoms with van der Waals surface area (Å²) in [5.41, 5.74) is 0.754. The summed E-state index contributed by atoms with van der Waals surface area (Å²) in [4.78, 5) is 4.04. The fraction of sp³-hybridized carbons (Fsp3) is 0.727. The molecule has 0 bridgehead atoms. The van der Waals surface area contributed by atoms with Crippen LogP contribution in [0, 0.1) is 11.8 Å². The van der Waals surface area contributed by atoms with Crippen molar-refractivity contribution in [2.75, 3.05) is 0 Å². The van der Waals surface area contributed by atoms with Gasteiger partial charge in [0.05, 0.1) is 6.61 Å². The van der Waals surface area contributed by atoms with Crippen LogP contribution in [0.25, 0.3) is 0 Å². The van der Waals surface area contributed by atoms with Crippen molar-refractivity contribution in [3.8, 4) is 0 Å². The highest BCUT2D eigenvalue weighted by Crippen LogP contribution is 2.61. The minimum absolute atomic E-state index is 0.0156. The van der Waals surface area contributed by atoms with E-state index in [1.807, 2.05) is 0 Å². The van der Waals surface area contributed by atoms with E-state index in [1.54, 1.807) is 0 Å². The molecule has 0 saturated heterocycles. The highest BCUT2D eigenvalue weighted by atomic mass is 16.3. The third kappa shape index (κ3) is 1.12. The number of hydrogen-bond acceptors (Lipinski definition) is 3. The van der Waals surface area contributed by atoms with Crippen LogP contribution >= 0.6 is 0 Å². The average molecular weight is 193 g/mol. The Balaban J connectivity index is 1.83. The van der Waals surface area contributed by atoms with Gasteiger partial charge in [-0.3, -0.25) is 0 Å². The van der Waals surface area contributed by atoms with Crippen molar-refractivity contribution < 1.29 is 9.52 Å². The highest BCUT2D eigenvalue weighted by molar-refractivity contribution is 5.23. The summed E-state index contributed by atoms with van der Waals surface area (Å²) in [5, 5.41) is 9.10. The molecule has 0 amide bonds. The van der Waals surface area contributed by atoms with Gasteiger partial charge in [0.1, 0.15) is 11.5 Å². The number of aromatic nitrogens is 1. The molecular formula is C11H15NO2. The summed E-state index contributed by atoms with van der Waals surface area (Å²) in [5.74, 6) is 3.18. The van der Waals surface area contributed by atoms with Crippen LogP contribution in [0.3, 0.4) is 0 Å². The Morgan fingerprint density at radius 3 is 2.71 bits per heavy atom. The summed E-state index contributed by atoms with van der Waals surface area (Å²) >= 11 is 0. The van der Waals surface area contributed by atoms with Crippen molar-refractivity contribution in [3.63, 3.8) is 0 Å². The topological polar surface area (TPSA) is 46.3 Å². The van der Waals surface area contributed by atoms with Gasteiger partial charge < -0.3 is 9.52 Å². The number of rotatable bonds is 2. The Bertz CT molecular complexity index is 322. The van der Waals surface area contributed by atoms with E-state index in [-0.39, 0.29) is 6.61 Å². The molecule has 3 rings (SSSR count). The van der Waals surface area contributed by atoms with E-state index in [0.717, 1.165) is 23.3 Å². The van der Waals surface area contributed by atoms with Crippen molar-refractivity contribution in [3.05, 3.63) is 17.8 Å². The third-order valence-electron chi connectivity index (χ3n) is 3.78. The fourth-order valence-corrected chi connectivity index (χ4v) is 3.05. The molecular weight excluding hydrogens is 178 g/mol. The van der Waals surface area contributed by atoms with E-state index in [9.17, 15) is 0 Å². The smallest absolute Gasteiger partial charge is 0.181 e. The predicted octanol–water partition coefficient (Wildman–Crippen LogP) is 2.07. The van der Waals surface area contributed by atoms with Gasteiger partial charge in [-0.1, -0.05) is 12.8 Å². The first-order valence-electron chi connectivity index (χ1n) is 5.45. The van der Waals surface area contributed by atoms with Crippen molar-refractivity contribution in [2.24, 2.45) is 11.8 Å². The van der Waals surface area contributed by atoms with Crippen molar-refractivity contribution >= 4 is 0 Å². The summed E-state index contributed by atoms with van der Waals surface area (Å²) in [6, 6.07) is 0. The lowest BCUT2D eigenvalue weighted by Crippen LogP contribution is -1.91. The molecule has 2 atom stereocenters. The van der Waals surface area contributed by atoms with Crippen LogP contribution in [0.4, 0.5) is 0 Å². The third-order valence-corrected chi connectivity index (χ3v) is 3.78. The van der Waals surface area contributed by atoms with Gasteiger partial charge in [0.25, 0.3) is 0 Å². The number of fused-ring (bicyclic) bond motifs is 1. The first-order chi connectivity index (χ1) is 6.92. The zero-order valence-electron chi connectivity index (χ0n) is 8.15. The number of hydrogen-bond donors (Lipinski definition) is 1. The van der Waals surface area contributed by atoms with E-state index in [4.69, 9.17) is 9.52 Å². The molecule has 0 aromatic carbocycles. The average Bonchev–Trinajstić information content (AvgIpc) is 2.77. The first-order valence-corrected chi connectivity index (χ1v) is 5.45. The quantitative estimate of drug-likeness (QED) is 0.782. The molecule has 0 radical (unpaired) electrons. The summed E-state index contributed by atoms with van der Waals surface area (Å²) in [6.45, 7) is 0.0156. The molecule has 76 valence electrons. The van der Waals surface area contributed by atoms with Crippen LogP contribution in [-0.4, -0.2) is 10.1 Å². The molecule has 2 aliphatic rings. The monoisotopic (exact) mass is 193 g/mol. The number of aliphatic hydroxyl groups is 1. The minimum atomic E-state index is 0.0156. The second-order valence-corrected chi connectivity index (χ2v) is 4.46. The predicted molar refractivity (Wildman–Crippen MR) is 50.6 cm³/mol. The Kier molecular flexibility index (Phi) is 1.87. The maximum absolute atomic E-state index is 9.10. The maximum Gasteiger partial charge on any atom is 0.181 e. The molecule has 1 N–H and O–H groups in total. The zero-order chi connectivity index (χ0) is 9.54. The zero-order valence-corrected chi connectivity index (χ0v) is 8.15. The molecule has 2 saturated carbocycles. The number of oxazole rings is 1. The highest BCUT2D eigenvalue weighted by Gasteiger charge is 2.53. The Hall–Kier alpha value is -0.830. The van der Waals surface area contributed by atoms with Gasteiger partial charge in [-0.05, 0) is 24.7 Å². The van der Waals surface area contributed by atoms with E-state index < -0.39 is 0 Å². The van der Waals surface area contributed by atoms with Gasteiger partial charge in [0.15, 0.2) is 6.39 Å². The first kappa shape index (κ1) is 8.48. The second kappa shape index (κ2) is 3.09. The lowest BCUT2D eigenvalue weighted by Gasteiger charge is -2.04. The molecule has 1 heterocycles. The molecule has 2 unspecified atom stereocenters. The van der Waals surface area contributed by atoms with Gasteiger partial charge in [-0.25, -0.2) is 4.98 Å². The Morgan fingerprint density at radius 1 is 1.36 bits per heavy atom. The molecule has 1 aromatic heterocycles. The molecule has 0 spiro atoms. The fourth-order valence-electron chi connectivity index (χ4n) is 3.05. The van der Waals surface area contributed by atoms with Gasteiger partial charge >= 0.3 is 0 Å². The van der Waals surface area contributed by atoms with Crippen LogP contribution in [0.2, 0.25) is 0 Å². The summed E-state index contributed by atoms with van der Waals surface area (Å²) < 4.78 is 5.40. The van der Waals surface area contributed by atoms with Crippen LogP contribution < -0.4 is 0 Å². The molecule has 1 aromatic rings. The van der Waals surface area contributed by atoms with Crippen LogP contribution in [0.5, 0.6) is 0 Å². The second-order valence-electron chi connectivity index (χ2n) is 4.46. The van der Waals surface area contributed by atoms with Crippen LogP contribution in [-0.2, 0) is 6.61 Å². The van der Waals surface area contributed by atoms with Gasteiger partial charge in [0.2, 0.25) is 0 Å². The molecule has 3 nitrogen and oxygen atoms in total. The van der Waals surface area contributed by atoms with Crippen molar-refractivity contribution in [2.45, 2.75) is 38.2 Å². The Morgan fingerprint density at radius 2 is 2.07 bits per heavy atom. The van der Waals surface area contributed by atoms with Gasteiger partial charge in [0, 0.05) is 5.92 Å². The summed E-state index contributed by atoms with van der Waals surface area (Å²) in [6.07, 6.45) is 6.85. The largest absolute Gasteiger partial charge is 0.448 e. The van der Waals surface area contributed by atoms with Crippen molar-refractivity contribution in [1.29, 1.82) is 0 Å². The van der Waals surface area contributed by atoms with E-state index in [2.05, 4.69) is 4.98 Å². The van der Waals surface area contributed by atoms with Crippen LogP contribution in [0.15, 0.2) is 10.8 Å². The standard InChI is InChI=1S/C11H15NO2/c13-5-9-11(14-6-12-9)10-7-3-1-2-4-8(7)10/h6-8,10,13H,1-5H2. The lowest BCUT2D eigenvalue weighted by molar-refractivity contribution is 0.274. The SMILES string of the molecule is OCc1ncoc1C1C2CCCCC21. The maximum atomic E-state index is 9.10. The van der Waals surface area contributed by atoms with E-state index in [1.165, 1.54) is 32.1 Å². The molecule has 14 heavy (non-hydrogen) atoms. The van der Waals surface area contributed by atoms with E-state index >= 15 is 0 Å². The van der Waals surface area contributed by atoms with Gasteiger partial charge in [-0.15, -0.1) is 0 Å². The van der Waals surface area contributed by atoms with Crippen LogP contribution in [0.1, 0.15) is 43.1 Å². The molecule has 2 aliphatic carbocycles. The minimum Gasteiger partial charge on any atom is -0.448 e. The number of aliphatic hydroxyl groups excluding tert-OH is 1. The van der Waals surface area contributed by atoms with Crippen molar-refractivity contribution in [1.82, 2.24) is 4.98 Å². The summed E-state index contributed by atoms with van der Waals surface area (Å²) in [7, 11) is 0. The number of nitrogens with zero attached hydrogens (tertiary/aromatic N) is 1. The normalized spacial score (nSPS) is 35.4. The Labute approximate surface area is 83.1 Å². The van der Waals surface area contributed by atoms with Gasteiger partial charge in [-0.2, -0.15) is 0 Å². The lowest BCUT2D eigenvalue weighted by atomic mass is 10.0. The molecule has 3 heteroatoms.